The Bertz CT molecular complexity index is 649. The summed E-state index contributed by atoms with van der Waals surface area (Å²) < 4.78 is 39.7. The van der Waals surface area contributed by atoms with Gasteiger partial charge >= 0.3 is 0 Å². The number of aliphatic hydroxyl groups is 1. The number of nitriles is 1. The average Bonchev–Trinajstić information content (AvgIpc) is 2.35. The minimum Gasteiger partial charge on any atom is -0.389 e. The van der Waals surface area contributed by atoms with E-state index in [1.54, 1.807) is 13.0 Å². The first-order valence-electron chi connectivity index (χ1n) is 6.49. The molecule has 5 nitrogen and oxygen atoms in total. The highest BCUT2D eigenvalue weighted by Gasteiger charge is 2.25. The van der Waals surface area contributed by atoms with Crippen LogP contribution in [0, 0.1) is 23.1 Å². The van der Waals surface area contributed by atoms with E-state index in [0.29, 0.717) is 6.42 Å². The molecule has 0 aliphatic carbocycles. The van der Waals surface area contributed by atoms with Gasteiger partial charge < -0.3 is 5.11 Å². The van der Waals surface area contributed by atoms with Gasteiger partial charge in [-0.3, -0.25) is 0 Å². The molecule has 0 saturated heterocycles. The molecule has 0 bridgehead atoms. The van der Waals surface area contributed by atoms with Gasteiger partial charge in [-0.25, -0.2) is 17.5 Å². The average molecular weight is 314 g/mol. The summed E-state index contributed by atoms with van der Waals surface area (Å²) in [6.45, 7) is 5.22. The Labute approximate surface area is 124 Å². The number of hydrogen-bond acceptors (Lipinski definition) is 4. The lowest BCUT2D eigenvalue weighted by atomic mass is 9.95. The molecule has 1 rings (SSSR count). The van der Waals surface area contributed by atoms with Crippen LogP contribution in [0.25, 0.3) is 0 Å². The number of nitrogens with one attached hydrogen (secondary N) is 1. The lowest BCUT2D eigenvalue weighted by Gasteiger charge is -2.25. The van der Waals surface area contributed by atoms with E-state index in [-0.39, 0.29) is 22.9 Å². The maximum atomic E-state index is 13.2. The summed E-state index contributed by atoms with van der Waals surface area (Å²) in [4.78, 5) is -0.208. The highest BCUT2D eigenvalue weighted by molar-refractivity contribution is 7.89. The molecule has 7 heteroatoms. The Kier molecular flexibility index (Phi) is 5.45. The first kappa shape index (κ1) is 17.6. The molecule has 0 spiro atoms. The number of sulfonamides is 1. The van der Waals surface area contributed by atoms with Crippen molar-refractivity contribution in [2.24, 2.45) is 5.92 Å². The number of rotatable bonds is 6. The maximum Gasteiger partial charge on any atom is 0.240 e. The summed E-state index contributed by atoms with van der Waals surface area (Å²) in [7, 11) is -3.91. The zero-order valence-electron chi connectivity index (χ0n) is 12.2. The fraction of sp³-hybridized carbons (Fsp3) is 0.500. The molecule has 1 aromatic rings. The largest absolute Gasteiger partial charge is 0.389 e. The molecule has 0 aliphatic heterocycles. The van der Waals surface area contributed by atoms with Gasteiger partial charge in [-0.1, -0.05) is 13.8 Å². The molecule has 0 radical (unpaired) electrons. The van der Waals surface area contributed by atoms with Crippen molar-refractivity contribution in [1.82, 2.24) is 4.72 Å². The van der Waals surface area contributed by atoms with Crippen molar-refractivity contribution < 1.29 is 17.9 Å². The predicted octanol–water partition coefficient (Wildman–Crippen LogP) is 1.77. The van der Waals surface area contributed by atoms with Crippen molar-refractivity contribution in [2.75, 3.05) is 6.54 Å². The molecule has 0 amide bonds. The van der Waals surface area contributed by atoms with Crippen LogP contribution in [-0.2, 0) is 10.0 Å². The van der Waals surface area contributed by atoms with Crippen molar-refractivity contribution in [3.63, 3.8) is 0 Å². The second-order valence-corrected chi connectivity index (χ2v) is 7.44. The second-order valence-electron chi connectivity index (χ2n) is 5.67. The summed E-state index contributed by atoms with van der Waals surface area (Å²) in [6.07, 6.45) is 0.433. The van der Waals surface area contributed by atoms with Crippen molar-refractivity contribution >= 4 is 10.0 Å². The lowest BCUT2D eigenvalue weighted by Crippen LogP contribution is -2.41. The minimum atomic E-state index is -3.91. The van der Waals surface area contributed by atoms with Crippen molar-refractivity contribution in [3.05, 3.63) is 29.6 Å². The molecular weight excluding hydrogens is 295 g/mol. The van der Waals surface area contributed by atoms with Gasteiger partial charge in [0.15, 0.2) is 0 Å². The summed E-state index contributed by atoms with van der Waals surface area (Å²) in [6, 6.07) is 4.57. The van der Waals surface area contributed by atoms with Crippen LogP contribution in [0.1, 0.15) is 32.8 Å². The third kappa shape index (κ3) is 5.08. The standard InChI is InChI=1S/C14H19FN2O3S/c1-10(2)7-14(3,18)9-17-21(19,20)12-4-5-13(15)11(6-12)8-16/h4-6,10,17-18H,7,9H2,1-3H3. The number of halogens is 1. The highest BCUT2D eigenvalue weighted by Crippen LogP contribution is 2.18. The van der Waals surface area contributed by atoms with Gasteiger partial charge in [-0.15, -0.1) is 0 Å². The van der Waals surface area contributed by atoms with Crippen LogP contribution >= 0.6 is 0 Å². The van der Waals surface area contributed by atoms with Crippen LogP contribution in [0.2, 0.25) is 0 Å². The smallest absolute Gasteiger partial charge is 0.240 e. The SMILES string of the molecule is CC(C)CC(C)(O)CNS(=O)(=O)c1ccc(F)c(C#N)c1. The Morgan fingerprint density at radius 3 is 2.62 bits per heavy atom. The molecule has 1 aromatic carbocycles. The monoisotopic (exact) mass is 314 g/mol. The molecule has 1 unspecified atom stereocenters. The van der Waals surface area contributed by atoms with Crippen LogP contribution in [0.4, 0.5) is 4.39 Å². The van der Waals surface area contributed by atoms with E-state index in [1.165, 1.54) is 0 Å². The Morgan fingerprint density at radius 2 is 2.10 bits per heavy atom. The van der Waals surface area contributed by atoms with Gasteiger partial charge in [-0.05, 0) is 37.5 Å². The normalized spacial score (nSPS) is 14.7. The Hall–Kier alpha value is -1.49. The summed E-state index contributed by atoms with van der Waals surface area (Å²) in [5, 5.41) is 18.8. The zero-order valence-corrected chi connectivity index (χ0v) is 13.0. The van der Waals surface area contributed by atoms with E-state index >= 15 is 0 Å². The summed E-state index contributed by atoms with van der Waals surface area (Å²) in [5.41, 5.74) is -1.52. The number of nitrogens with zero attached hydrogens (tertiary/aromatic N) is 1. The van der Waals surface area contributed by atoms with Crippen LogP contribution in [0.5, 0.6) is 0 Å². The predicted molar refractivity (Wildman–Crippen MR) is 76.4 cm³/mol. The molecular formula is C14H19FN2O3S. The van der Waals surface area contributed by atoms with E-state index < -0.39 is 21.4 Å². The van der Waals surface area contributed by atoms with E-state index in [2.05, 4.69) is 4.72 Å². The van der Waals surface area contributed by atoms with Gasteiger partial charge in [0.1, 0.15) is 11.9 Å². The molecule has 2 N–H and O–H groups in total. The molecule has 0 heterocycles. The molecule has 116 valence electrons. The fourth-order valence-corrected chi connectivity index (χ4v) is 3.23. The first-order valence-corrected chi connectivity index (χ1v) is 7.97. The zero-order chi connectivity index (χ0) is 16.3. The van der Waals surface area contributed by atoms with Gasteiger partial charge in [0, 0.05) is 6.54 Å². The van der Waals surface area contributed by atoms with E-state index in [4.69, 9.17) is 5.26 Å². The van der Waals surface area contributed by atoms with Crippen LogP contribution in [-0.4, -0.2) is 25.7 Å². The third-order valence-electron chi connectivity index (χ3n) is 2.86. The van der Waals surface area contributed by atoms with Gasteiger partial charge in [0.2, 0.25) is 10.0 Å². The van der Waals surface area contributed by atoms with E-state index in [0.717, 1.165) is 18.2 Å². The van der Waals surface area contributed by atoms with Crippen molar-refractivity contribution in [1.29, 1.82) is 5.26 Å². The van der Waals surface area contributed by atoms with Gasteiger partial charge in [-0.2, -0.15) is 5.26 Å². The molecule has 1 atom stereocenters. The topological polar surface area (TPSA) is 90.2 Å². The molecule has 0 fully saturated rings. The van der Waals surface area contributed by atoms with E-state index in [1.807, 2.05) is 13.8 Å². The lowest BCUT2D eigenvalue weighted by molar-refractivity contribution is 0.0437. The first-order chi connectivity index (χ1) is 9.57. The number of benzene rings is 1. The highest BCUT2D eigenvalue weighted by atomic mass is 32.2. The van der Waals surface area contributed by atoms with Crippen molar-refractivity contribution in [2.45, 2.75) is 37.7 Å². The minimum absolute atomic E-state index is 0.160. The molecule has 0 saturated carbocycles. The molecule has 0 aromatic heterocycles. The third-order valence-corrected chi connectivity index (χ3v) is 4.26. The quantitative estimate of drug-likeness (QED) is 0.837. The molecule has 0 aliphatic rings. The van der Waals surface area contributed by atoms with E-state index in [9.17, 15) is 17.9 Å². The summed E-state index contributed by atoms with van der Waals surface area (Å²) in [5.74, 6) is -0.566. The van der Waals surface area contributed by atoms with Crippen LogP contribution in [0.15, 0.2) is 23.1 Å². The van der Waals surface area contributed by atoms with Crippen LogP contribution in [0.3, 0.4) is 0 Å². The summed E-state index contributed by atoms with van der Waals surface area (Å²) >= 11 is 0. The van der Waals surface area contributed by atoms with Crippen LogP contribution < -0.4 is 4.72 Å². The fourth-order valence-electron chi connectivity index (χ4n) is 2.04. The van der Waals surface area contributed by atoms with Gasteiger partial charge in [0.25, 0.3) is 0 Å². The maximum absolute atomic E-state index is 13.2. The second kappa shape index (κ2) is 6.52. The number of hydrogen-bond donors (Lipinski definition) is 2. The Morgan fingerprint density at radius 1 is 1.48 bits per heavy atom. The Balaban J connectivity index is 2.91. The molecule has 21 heavy (non-hydrogen) atoms. The van der Waals surface area contributed by atoms with Gasteiger partial charge in [0.05, 0.1) is 16.1 Å². The van der Waals surface area contributed by atoms with Crippen molar-refractivity contribution in [3.8, 4) is 6.07 Å².